The first-order valence-electron chi connectivity index (χ1n) is 12.2. The van der Waals surface area contributed by atoms with E-state index < -0.39 is 29.7 Å². The van der Waals surface area contributed by atoms with E-state index in [-0.39, 0.29) is 11.5 Å². The molecule has 4 aliphatic rings. The van der Waals surface area contributed by atoms with E-state index in [1.54, 1.807) is 0 Å². The first-order valence-corrected chi connectivity index (χ1v) is 12.2. The zero-order valence-corrected chi connectivity index (χ0v) is 19.3. The van der Waals surface area contributed by atoms with E-state index in [0.717, 1.165) is 44.6 Å². The summed E-state index contributed by atoms with van der Waals surface area (Å²) in [5.41, 5.74) is 1.89. The first kappa shape index (κ1) is 24.9. The van der Waals surface area contributed by atoms with E-state index in [4.69, 9.17) is 20.4 Å². The molecular weight excluding hydrogens is 442 g/mol. The minimum absolute atomic E-state index is 0.127. The maximum absolute atomic E-state index is 11.9. The number of aliphatic hydroxyl groups excluding tert-OH is 2. The van der Waals surface area contributed by atoms with E-state index in [0.29, 0.717) is 5.75 Å². The third kappa shape index (κ3) is 4.19. The van der Waals surface area contributed by atoms with Crippen LogP contribution in [0.15, 0.2) is 18.2 Å². The van der Waals surface area contributed by atoms with Crippen LogP contribution in [0.1, 0.15) is 62.5 Å². The fourth-order valence-electron chi connectivity index (χ4n) is 6.59. The summed E-state index contributed by atoms with van der Waals surface area (Å²) in [5, 5.41) is 54.6. The van der Waals surface area contributed by atoms with Crippen molar-refractivity contribution in [3.8, 4) is 5.75 Å². The molecule has 1 saturated heterocycles. The van der Waals surface area contributed by atoms with Crippen molar-refractivity contribution >= 4 is 11.9 Å². The molecule has 3 fully saturated rings. The van der Waals surface area contributed by atoms with Crippen molar-refractivity contribution in [1.82, 2.24) is 4.90 Å². The van der Waals surface area contributed by atoms with Crippen molar-refractivity contribution in [1.29, 1.82) is 0 Å². The van der Waals surface area contributed by atoms with E-state index >= 15 is 0 Å². The summed E-state index contributed by atoms with van der Waals surface area (Å²) in [6, 6.07) is 6.17. The molecular formula is C25H35NO8. The highest BCUT2D eigenvalue weighted by Crippen LogP contribution is 2.58. The van der Waals surface area contributed by atoms with Crippen LogP contribution in [0, 0.1) is 5.92 Å². The lowest BCUT2D eigenvalue weighted by molar-refractivity contribution is -0.169. The maximum Gasteiger partial charge on any atom is 0.335 e. The van der Waals surface area contributed by atoms with E-state index in [1.165, 1.54) is 43.4 Å². The lowest BCUT2D eigenvalue weighted by atomic mass is 9.49. The van der Waals surface area contributed by atoms with Gasteiger partial charge in [-0.25, -0.2) is 9.59 Å². The van der Waals surface area contributed by atoms with Crippen molar-refractivity contribution in [3.63, 3.8) is 0 Å². The number of fused-ring (bicyclic) bond motifs is 1. The number of hydrogen-bond donors (Lipinski definition) is 6. The Morgan fingerprint density at radius 1 is 1.00 bits per heavy atom. The lowest BCUT2D eigenvalue weighted by Gasteiger charge is -2.64. The van der Waals surface area contributed by atoms with Crippen LogP contribution >= 0.6 is 0 Å². The number of aliphatic carboxylic acids is 2. The Kier molecular flexibility index (Phi) is 6.92. The average molecular weight is 478 g/mol. The monoisotopic (exact) mass is 477 g/mol. The SMILES string of the molecule is O=C(O)[C@H](O)[C@@H](O)C(=O)O.Oc1ccc2c(c1)[C@@]13CCCC[C@@]1(O)[C@@H](C2)N(CC1CCC1)CC3. The molecule has 1 aliphatic heterocycles. The summed E-state index contributed by atoms with van der Waals surface area (Å²) >= 11 is 0. The minimum atomic E-state index is -2.27. The number of phenolic OH excluding ortho intramolecular Hbond substituents is 1. The first-order chi connectivity index (χ1) is 16.1. The van der Waals surface area contributed by atoms with Gasteiger partial charge in [-0.2, -0.15) is 0 Å². The number of aliphatic hydroxyl groups is 3. The van der Waals surface area contributed by atoms with Gasteiger partial charge in [-0.05, 0) is 74.2 Å². The number of nitrogens with zero attached hydrogens (tertiary/aromatic N) is 1. The van der Waals surface area contributed by atoms with E-state index in [1.807, 2.05) is 12.1 Å². The second kappa shape index (κ2) is 9.45. The summed E-state index contributed by atoms with van der Waals surface area (Å²) in [7, 11) is 0. The fraction of sp³-hybridized carbons (Fsp3) is 0.680. The molecule has 2 bridgehead atoms. The quantitative estimate of drug-likeness (QED) is 0.367. The highest BCUT2D eigenvalue weighted by molar-refractivity contribution is 5.83. The van der Waals surface area contributed by atoms with Crippen LogP contribution in [0.4, 0.5) is 0 Å². The predicted octanol–water partition coefficient (Wildman–Crippen LogP) is 1.24. The summed E-state index contributed by atoms with van der Waals surface area (Å²) in [5.74, 6) is -2.33. The summed E-state index contributed by atoms with van der Waals surface area (Å²) in [6.07, 6.45) is 5.93. The Labute approximate surface area is 198 Å². The van der Waals surface area contributed by atoms with Crippen LogP contribution in [0.2, 0.25) is 0 Å². The summed E-state index contributed by atoms with van der Waals surface area (Å²) < 4.78 is 0. The zero-order chi connectivity index (χ0) is 24.7. The second-order valence-electron chi connectivity index (χ2n) is 10.4. The van der Waals surface area contributed by atoms with Gasteiger partial charge < -0.3 is 30.6 Å². The van der Waals surface area contributed by atoms with Gasteiger partial charge in [-0.15, -0.1) is 0 Å². The van der Waals surface area contributed by atoms with Crippen molar-refractivity contribution < 1.29 is 40.2 Å². The van der Waals surface area contributed by atoms with Crippen molar-refractivity contribution in [2.24, 2.45) is 5.92 Å². The van der Waals surface area contributed by atoms with E-state index in [9.17, 15) is 19.8 Å². The molecule has 1 aromatic carbocycles. The topological polar surface area (TPSA) is 159 Å². The van der Waals surface area contributed by atoms with Crippen LogP contribution in [-0.4, -0.2) is 84.4 Å². The predicted molar refractivity (Wildman–Crippen MR) is 122 cm³/mol. The molecule has 3 aliphatic carbocycles. The molecule has 5 rings (SSSR count). The number of carboxylic acids is 2. The van der Waals surface area contributed by atoms with Crippen LogP contribution < -0.4 is 0 Å². The Bertz CT molecular complexity index is 915. The number of benzene rings is 1. The molecule has 0 spiro atoms. The van der Waals surface area contributed by atoms with Gasteiger partial charge in [-0.1, -0.05) is 25.3 Å². The number of aromatic hydroxyl groups is 1. The molecule has 1 aromatic rings. The largest absolute Gasteiger partial charge is 0.508 e. The number of carboxylic acid groups (broad SMARTS) is 2. The third-order valence-corrected chi connectivity index (χ3v) is 8.60. The number of likely N-dealkylation sites (tertiary alicyclic amines) is 1. The average Bonchev–Trinajstić information content (AvgIpc) is 2.76. The Morgan fingerprint density at radius 2 is 1.65 bits per heavy atom. The van der Waals surface area contributed by atoms with Gasteiger partial charge in [0.2, 0.25) is 0 Å². The number of phenols is 1. The molecule has 0 unspecified atom stereocenters. The number of carbonyl (C=O) groups is 2. The van der Waals surface area contributed by atoms with Gasteiger partial charge in [0.1, 0.15) is 5.75 Å². The number of rotatable bonds is 5. The Hall–Kier alpha value is -2.20. The van der Waals surface area contributed by atoms with Crippen molar-refractivity contribution in [2.75, 3.05) is 13.1 Å². The van der Waals surface area contributed by atoms with Crippen molar-refractivity contribution in [2.45, 2.75) is 87.1 Å². The van der Waals surface area contributed by atoms with Crippen LogP contribution in [0.5, 0.6) is 5.75 Å². The molecule has 0 aromatic heterocycles. The maximum atomic E-state index is 11.9. The van der Waals surface area contributed by atoms with Gasteiger partial charge >= 0.3 is 11.9 Å². The minimum Gasteiger partial charge on any atom is -0.508 e. The highest BCUT2D eigenvalue weighted by atomic mass is 16.4. The Morgan fingerprint density at radius 3 is 2.24 bits per heavy atom. The van der Waals surface area contributed by atoms with Crippen LogP contribution in [-0.2, 0) is 21.4 Å². The van der Waals surface area contributed by atoms with Gasteiger partial charge in [0.05, 0.1) is 5.60 Å². The molecule has 0 radical (unpaired) electrons. The smallest absolute Gasteiger partial charge is 0.335 e. The molecule has 2 saturated carbocycles. The standard InChI is InChI=1S/C21H29NO2.C4H6O6/c23-17-7-6-16-12-19-21(24)9-2-1-8-20(21,18(16)13-17)10-11-22(19)14-15-4-3-5-15;5-1(3(7)8)2(6)4(9)10/h6-7,13,15,19,23-24H,1-5,8-12,14H2;1-2,5-6H,(H,7,8)(H,9,10)/t19-,20+,21-;1-,2-/m11/s1. The molecule has 0 amide bonds. The Balaban J connectivity index is 0.000000235. The van der Waals surface area contributed by atoms with Gasteiger partial charge in [0, 0.05) is 18.0 Å². The van der Waals surface area contributed by atoms with Crippen molar-refractivity contribution in [3.05, 3.63) is 29.3 Å². The molecule has 6 N–H and O–H groups in total. The molecule has 1 heterocycles. The fourth-order valence-corrected chi connectivity index (χ4v) is 6.59. The van der Waals surface area contributed by atoms with Crippen LogP contribution in [0.25, 0.3) is 0 Å². The van der Waals surface area contributed by atoms with Gasteiger partial charge in [-0.3, -0.25) is 4.90 Å². The third-order valence-electron chi connectivity index (χ3n) is 8.60. The molecule has 5 atom stereocenters. The molecule has 188 valence electrons. The summed E-state index contributed by atoms with van der Waals surface area (Å²) in [6.45, 7) is 2.29. The van der Waals surface area contributed by atoms with Crippen LogP contribution in [0.3, 0.4) is 0 Å². The molecule has 9 nitrogen and oxygen atoms in total. The number of hydrogen-bond acceptors (Lipinski definition) is 7. The second-order valence-corrected chi connectivity index (χ2v) is 10.4. The zero-order valence-electron chi connectivity index (χ0n) is 19.3. The molecule has 9 heteroatoms. The highest BCUT2D eigenvalue weighted by Gasteiger charge is 2.63. The van der Waals surface area contributed by atoms with Gasteiger partial charge in [0.25, 0.3) is 0 Å². The molecule has 34 heavy (non-hydrogen) atoms. The normalized spacial score (nSPS) is 32.1. The van der Waals surface area contributed by atoms with E-state index in [2.05, 4.69) is 11.0 Å². The number of piperidine rings is 1. The lowest BCUT2D eigenvalue weighted by Crippen LogP contribution is -2.72. The van der Waals surface area contributed by atoms with Gasteiger partial charge in [0.15, 0.2) is 12.2 Å². The summed E-state index contributed by atoms with van der Waals surface area (Å²) in [4.78, 5) is 22.2.